The Bertz CT molecular complexity index is 314. The average Bonchev–Trinajstić information content (AvgIpc) is 2.20. The molecule has 0 aliphatic heterocycles. The Morgan fingerprint density at radius 2 is 2.07 bits per heavy atom. The monoisotopic (exact) mass is 214 g/mol. The van der Waals surface area contributed by atoms with Crippen molar-refractivity contribution < 1.29 is 4.79 Å². The summed E-state index contributed by atoms with van der Waals surface area (Å²) in [6.07, 6.45) is 2.93. The van der Waals surface area contributed by atoms with Crippen molar-refractivity contribution in [2.45, 2.75) is 13.0 Å². The summed E-state index contributed by atoms with van der Waals surface area (Å²) in [5.41, 5.74) is 0. The van der Waals surface area contributed by atoms with E-state index >= 15 is 0 Å². The first kappa shape index (κ1) is 10.7. The van der Waals surface area contributed by atoms with E-state index in [1.165, 1.54) is 12.4 Å². The van der Waals surface area contributed by atoms with E-state index in [9.17, 15) is 4.79 Å². The lowest BCUT2D eigenvalue weighted by Crippen LogP contribution is -2.35. The Balaban J connectivity index is 2.60. The summed E-state index contributed by atoms with van der Waals surface area (Å²) >= 11 is 5.61. The highest BCUT2D eigenvalue weighted by Crippen LogP contribution is 2.06. The van der Waals surface area contributed by atoms with Crippen molar-refractivity contribution in [2.75, 3.05) is 12.4 Å². The topological polar surface area (TPSA) is 66.9 Å². The summed E-state index contributed by atoms with van der Waals surface area (Å²) < 4.78 is 0. The maximum Gasteiger partial charge on any atom is 0.242 e. The van der Waals surface area contributed by atoms with Gasteiger partial charge in [-0.25, -0.2) is 9.97 Å². The van der Waals surface area contributed by atoms with E-state index in [0.29, 0.717) is 11.0 Å². The minimum atomic E-state index is -0.374. The molecule has 1 aromatic rings. The highest BCUT2D eigenvalue weighted by Gasteiger charge is 2.10. The van der Waals surface area contributed by atoms with Crippen molar-refractivity contribution in [3.05, 3.63) is 17.4 Å². The first-order chi connectivity index (χ1) is 6.63. The van der Waals surface area contributed by atoms with Gasteiger partial charge >= 0.3 is 0 Å². The molecule has 1 rings (SSSR count). The molecule has 0 aliphatic rings. The van der Waals surface area contributed by atoms with E-state index in [4.69, 9.17) is 11.6 Å². The number of likely N-dealkylation sites (N-methyl/N-ethyl adjacent to an activating group) is 1. The highest BCUT2D eigenvalue weighted by molar-refractivity contribution is 6.30. The van der Waals surface area contributed by atoms with Crippen LogP contribution in [0.25, 0.3) is 0 Å². The van der Waals surface area contributed by atoms with Gasteiger partial charge in [-0.2, -0.15) is 0 Å². The number of halogens is 1. The predicted molar refractivity (Wildman–Crippen MR) is 54.2 cm³/mol. The molecule has 0 bridgehead atoms. The van der Waals surface area contributed by atoms with Gasteiger partial charge in [0.15, 0.2) is 0 Å². The van der Waals surface area contributed by atoms with Gasteiger partial charge in [-0.3, -0.25) is 4.79 Å². The van der Waals surface area contributed by atoms with Gasteiger partial charge in [0, 0.05) is 7.05 Å². The molecule has 0 fully saturated rings. The van der Waals surface area contributed by atoms with Crippen molar-refractivity contribution in [3.63, 3.8) is 0 Å². The highest BCUT2D eigenvalue weighted by atomic mass is 35.5. The summed E-state index contributed by atoms with van der Waals surface area (Å²) in [7, 11) is 1.57. The fraction of sp³-hybridized carbons (Fsp3) is 0.375. The average molecular weight is 215 g/mol. The zero-order valence-electron chi connectivity index (χ0n) is 7.91. The summed E-state index contributed by atoms with van der Waals surface area (Å²) in [4.78, 5) is 18.9. The zero-order valence-corrected chi connectivity index (χ0v) is 8.67. The van der Waals surface area contributed by atoms with Gasteiger partial charge in [0.05, 0.1) is 17.4 Å². The third-order valence-corrected chi connectivity index (χ3v) is 1.80. The van der Waals surface area contributed by atoms with Crippen LogP contribution in [0.15, 0.2) is 12.4 Å². The number of nitrogens with zero attached hydrogens (tertiary/aromatic N) is 2. The van der Waals surface area contributed by atoms with Gasteiger partial charge in [0.1, 0.15) is 6.04 Å². The standard InChI is InChI=1S/C8H11ClN4O/c1-5(7(14)10-2)13-8-11-3-6(9)4-12-8/h3-5H,1-2H3,(H,10,14)(H,11,12,13). The smallest absolute Gasteiger partial charge is 0.242 e. The van der Waals surface area contributed by atoms with Crippen molar-refractivity contribution in [3.8, 4) is 0 Å². The normalized spacial score (nSPS) is 11.9. The maximum atomic E-state index is 11.1. The number of amides is 1. The lowest BCUT2D eigenvalue weighted by molar-refractivity contribution is -0.121. The second kappa shape index (κ2) is 4.76. The second-order valence-corrected chi connectivity index (χ2v) is 3.14. The summed E-state index contributed by atoms with van der Waals surface area (Å²) in [5, 5.41) is 5.80. The van der Waals surface area contributed by atoms with E-state index in [0.717, 1.165) is 0 Å². The number of nitrogens with one attached hydrogen (secondary N) is 2. The number of hydrogen-bond acceptors (Lipinski definition) is 4. The molecule has 5 nitrogen and oxygen atoms in total. The molecule has 1 heterocycles. The minimum absolute atomic E-state index is 0.122. The van der Waals surface area contributed by atoms with Crippen LogP contribution in [-0.4, -0.2) is 29.0 Å². The molecule has 76 valence electrons. The van der Waals surface area contributed by atoms with Gasteiger partial charge < -0.3 is 10.6 Å². The molecule has 6 heteroatoms. The fourth-order valence-corrected chi connectivity index (χ4v) is 0.960. The molecular weight excluding hydrogens is 204 g/mol. The first-order valence-corrected chi connectivity index (χ1v) is 4.47. The van der Waals surface area contributed by atoms with Crippen molar-refractivity contribution >= 4 is 23.5 Å². The number of carbonyl (C=O) groups excluding carboxylic acids is 1. The Morgan fingerprint density at radius 1 is 1.50 bits per heavy atom. The van der Waals surface area contributed by atoms with Crippen LogP contribution in [0.4, 0.5) is 5.95 Å². The summed E-state index contributed by atoms with van der Waals surface area (Å²) in [6.45, 7) is 1.72. The maximum absolute atomic E-state index is 11.1. The van der Waals surface area contributed by atoms with Crippen LogP contribution in [-0.2, 0) is 4.79 Å². The van der Waals surface area contributed by atoms with Crippen molar-refractivity contribution in [1.29, 1.82) is 0 Å². The molecule has 0 aromatic carbocycles. The lowest BCUT2D eigenvalue weighted by atomic mass is 10.3. The zero-order chi connectivity index (χ0) is 10.6. The lowest BCUT2D eigenvalue weighted by Gasteiger charge is -2.11. The molecular formula is C8H11ClN4O. The van der Waals surface area contributed by atoms with E-state index in [1.807, 2.05) is 0 Å². The molecule has 1 aromatic heterocycles. The SMILES string of the molecule is CNC(=O)C(C)Nc1ncc(Cl)cn1. The summed E-state index contributed by atoms with van der Waals surface area (Å²) in [6, 6.07) is -0.374. The quantitative estimate of drug-likeness (QED) is 0.777. The van der Waals surface area contributed by atoms with Crippen LogP contribution in [0.2, 0.25) is 5.02 Å². The third-order valence-electron chi connectivity index (χ3n) is 1.61. The van der Waals surface area contributed by atoms with E-state index < -0.39 is 0 Å². The molecule has 0 saturated carbocycles. The number of aromatic nitrogens is 2. The van der Waals surface area contributed by atoms with Crippen LogP contribution in [0.5, 0.6) is 0 Å². The number of carbonyl (C=O) groups is 1. The van der Waals surface area contributed by atoms with Crippen LogP contribution < -0.4 is 10.6 Å². The fourth-order valence-electron chi connectivity index (χ4n) is 0.863. The molecule has 0 saturated heterocycles. The molecule has 1 atom stereocenters. The molecule has 1 unspecified atom stereocenters. The summed E-state index contributed by atoms with van der Waals surface area (Å²) in [5.74, 6) is 0.258. The van der Waals surface area contributed by atoms with E-state index in [1.54, 1.807) is 14.0 Å². The van der Waals surface area contributed by atoms with E-state index in [-0.39, 0.29) is 11.9 Å². The van der Waals surface area contributed by atoms with Gasteiger partial charge in [0.2, 0.25) is 11.9 Å². The second-order valence-electron chi connectivity index (χ2n) is 2.71. The third kappa shape index (κ3) is 2.85. The van der Waals surface area contributed by atoms with Crippen molar-refractivity contribution in [2.24, 2.45) is 0 Å². The van der Waals surface area contributed by atoms with Gasteiger partial charge in [0.25, 0.3) is 0 Å². The van der Waals surface area contributed by atoms with Gasteiger partial charge in [-0.1, -0.05) is 11.6 Å². The largest absolute Gasteiger partial charge is 0.357 e. The van der Waals surface area contributed by atoms with Crippen molar-refractivity contribution in [1.82, 2.24) is 15.3 Å². The van der Waals surface area contributed by atoms with Gasteiger partial charge in [-0.05, 0) is 6.92 Å². The Kier molecular flexibility index (Phi) is 3.64. The molecule has 2 N–H and O–H groups in total. The van der Waals surface area contributed by atoms with Crippen LogP contribution >= 0.6 is 11.6 Å². The number of anilines is 1. The van der Waals surface area contributed by atoms with Crippen LogP contribution in [0.1, 0.15) is 6.92 Å². The van der Waals surface area contributed by atoms with Gasteiger partial charge in [-0.15, -0.1) is 0 Å². The number of rotatable bonds is 3. The Labute approximate surface area is 86.9 Å². The Morgan fingerprint density at radius 3 is 2.57 bits per heavy atom. The molecule has 14 heavy (non-hydrogen) atoms. The molecule has 1 amide bonds. The molecule has 0 spiro atoms. The molecule has 0 aliphatic carbocycles. The number of hydrogen-bond donors (Lipinski definition) is 2. The first-order valence-electron chi connectivity index (χ1n) is 4.09. The Hall–Kier alpha value is -1.36. The minimum Gasteiger partial charge on any atom is -0.357 e. The van der Waals surface area contributed by atoms with Crippen LogP contribution in [0.3, 0.4) is 0 Å². The van der Waals surface area contributed by atoms with Crippen LogP contribution in [0, 0.1) is 0 Å². The predicted octanol–water partition coefficient (Wildman–Crippen LogP) is 0.676. The van der Waals surface area contributed by atoms with E-state index in [2.05, 4.69) is 20.6 Å². The molecule has 0 radical (unpaired) electrons.